The normalized spacial score (nSPS) is 27.9. The van der Waals surface area contributed by atoms with Crippen molar-refractivity contribution in [3.8, 4) is 0 Å². The number of allylic oxidation sites excluding steroid dienone is 12. The van der Waals surface area contributed by atoms with Crippen molar-refractivity contribution in [2.45, 2.75) is 75.0 Å². The molecule has 0 radical (unpaired) electrons. The van der Waals surface area contributed by atoms with Crippen LogP contribution < -0.4 is 20.7 Å². The van der Waals surface area contributed by atoms with E-state index in [0.717, 1.165) is 96.3 Å². The van der Waals surface area contributed by atoms with Crippen LogP contribution in [-0.2, 0) is 19.5 Å². The Bertz CT molecular complexity index is 3630. The fourth-order valence-electron chi connectivity index (χ4n) is 15.6. The number of nitrogens with zero attached hydrogens (tertiary/aromatic N) is 4. The van der Waals surface area contributed by atoms with Crippen LogP contribution in [0, 0.1) is 23.7 Å². The summed E-state index contributed by atoms with van der Waals surface area (Å²) in [6, 6.07) is 44.9. The molecule has 5 heteroatoms. The Hall–Kier alpha value is -6.94. The summed E-state index contributed by atoms with van der Waals surface area (Å²) in [4.78, 5) is 25.0. The van der Waals surface area contributed by atoms with Crippen molar-refractivity contribution >= 4 is 33.7 Å². The zero-order valence-electron chi connectivity index (χ0n) is 40.9. The van der Waals surface area contributed by atoms with Crippen molar-refractivity contribution in [3.05, 3.63) is 270 Å². The molecule has 0 unspecified atom stereocenters. The van der Waals surface area contributed by atoms with E-state index in [1.165, 1.54) is 89.1 Å². The first kappa shape index (κ1) is 42.6. The molecule has 0 N–H and O–H groups in total. The molecule has 2 aliphatic heterocycles. The molecule has 0 saturated carbocycles. The summed E-state index contributed by atoms with van der Waals surface area (Å²) >= 11 is 0. The molecule has 15 aliphatic rings. The van der Waals surface area contributed by atoms with Crippen LogP contribution in [0.15, 0.2) is 214 Å². The quantitative estimate of drug-likeness (QED) is 0.131. The zero-order chi connectivity index (χ0) is 46.8. The molecule has 346 valence electrons. The van der Waals surface area contributed by atoms with Crippen LogP contribution in [-0.4, -0.2) is 11.4 Å². The van der Waals surface area contributed by atoms with Crippen LogP contribution in [0.1, 0.15) is 131 Å². The first-order valence-electron chi connectivity index (χ1n) is 27.0. The fraction of sp³-hybridized carbons (Fsp3) is 0.235. The van der Waals surface area contributed by atoms with E-state index in [-0.39, 0.29) is 66.8 Å². The number of rotatable bonds is 4. The third kappa shape index (κ3) is 5.92. The van der Waals surface area contributed by atoms with Crippen LogP contribution in [0.4, 0.5) is 0 Å². The second-order valence-corrected chi connectivity index (χ2v) is 22.2. The zero-order valence-corrected chi connectivity index (χ0v) is 43.9. The van der Waals surface area contributed by atoms with E-state index in [2.05, 4.69) is 170 Å². The van der Waals surface area contributed by atoms with Gasteiger partial charge in [0.1, 0.15) is 0 Å². The molecule has 73 heavy (non-hydrogen) atoms. The number of fused-ring (bicyclic) bond motifs is 4. The Morgan fingerprint density at radius 2 is 0.589 bits per heavy atom. The Balaban J connectivity index is 0.00000456. The SMILES string of the molecule is C1=C[C@H]2CC[C@@H]1C1=C2C2=NC1=C(c1ccccc1)c1[n-]c(c3c1[C@H]1C=C[C@@H]3CC1)C(c1ccccc1)=C1N=C(C3=C1[C@H]1C=C[C@@H]3CC1)C(c1ccccc1)=c1[n-]c(c3c1[C@H]1C=C[C@@H]3CC1)=C2c1ccccc1.[Zn+2]. The van der Waals surface area contributed by atoms with E-state index in [0.29, 0.717) is 0 Å². The van der Waals surface area contributed by atoms with E-state index < -0.39 is 0 Å². The number of hydrogen-bond donors (Lipinski definition) is 0. The van der Waals surface area contributed by atoms with Gasteiger partial charge in [0.05, 0.1) is 22.8 Å². The van der Waals surface area contributed by atoms with Gasteiger partial charge in [-0.15, -0.1) is 22.1 Å². The molecule has 4 nitrogen and oxygen atoms in total. The van der Waals surface area contributed by atoms with Gasteiger partial charge in [-0.2, -0.15) is 0 Å². The van der Waals surface area contributed by atoms with Gasteiger partial charge >= 0.3 is 19.5 Å². The van der Waals surface area contributed by atoms with Gasteiger partial charge in [0, 0.05) is 47.3 Å². The van der Waals surface area contributed by atoms with Crippen molar-refractivity contribution < 1.29 is 19.5 Å². The molecule has 13 aliphatic carbocycles. The Morgan fingerprint density at radius 1 is 0.301 bits per heavy atom. The maximum Gasteiger partial charge on any atom is 2.00 e. The molecule has 0 saturated heterocycles. The van der Waals surface area contributed by atoms with Crippen molar-refractivity contribution in [2.24, 2.45) is 33.7 Å². The van der Waals surface area contributed by atoms with Gasteiger partial charge in [0.15, 0.2) is 0 Å². The van der Waals surface area contributed by atoms with Gasteiger partial charge in [-0.3, -0.25) is 0 Å². The monoisotopic (exact) mass is 988 g/mol. The summed E-state index contributed by atoms with van der Waals surface area (Å²) < 4.78 is 0. The largest absolute Gasteiger partial charge is 2.00 e. The van der Waals surface area contributed by atoms with Crippen LogP contribution >= 0.6 is 0 Å². The van der Waals surface area contributed by atoms with Gasteiger partial charge in [-0.1, -0.05) is 192 Å². The van der Waals surface area contributed by atoms with Crippen LogP contribution in [0.3, 0.4) is 0 Å². The van der Waals surface area contributed by atoms with Crippen molar-refractivity contribution in [3.63, 3.8) is 0 Å². The van der Waals surface area contributed by atoms with E-state index >= 15 is 0 Å². The molecule has 2 aromatic heterocycles. The van der Waals surface area contributed by atoms with E-state index in [9.17, 15) is 0 Å². The molecular weight excluding hydrogens is 938 g/mol. The summed E-state index contributed by atoms with van der Waals surface area (Å²) in [5.41, 5.74) is 27.3. The van der Waals surface area contributed by atoms with Gasteiger partial charge in [0.2, 0.25) is 0 Å². The second kappa shape index (κ2) is 16.0. The summed E-state index contributed by atoms with van der Waals surface area (Å²) in [6.07, 6.45) is 29.1. The Kier molecular flexibility index (Phi) is 9.35. The summed E-state index contributed by atoms with van der Waals surface area (Å²) in [7, 11) is 0. The number of hydrogen-bond acceptors (Lipinski definition) is 2. The average molecular weight is 991 g/mol. The molecule has 4 heterocycles. The van der Waals surface area contributed by atoms with Crippen molar-refractivity contribution in [1.82, 2.24) is 9.97 Å². The van der Waals surface area contributed by atoms with Gasteiger partial charge in [-0.05, 0) is 118 Å². The van der Waals surface area contributed by atoms with Gasteiger partial charge in [-0.25, -0.2) is 9.98 Å². The average Bonchev–Trinajstić information content (AvgIpc) is 4.27. The summed E-state index contributed by atoms with van der Waals surface area (Å²) in [5, 5.41) is 2.22. The predicted octanol–water partition coefficient (Wildman–Crippen LogP) is 13.0. The first-order valence-corrected chi connectivity index (χ1v) is 27.0. The molecule has 6 aromatic rings. The second-order valence-electron chi connectivity index (χ2n) is 22.2. The Labute approximate surface area is 439 Å². The van der Waals surface area contributed by atoms with Crippen LogP contribution in [0.2, 0.25) is 0 Å². The molecule has 21 rings (SSSR count). The minimum atomic E-state index is 0. The van der Waals surface area contributed by atoms with Gasteiger partial charge < -0.3 is 9.97 Å². The van der Waals surface area contributed by atoms with Crippen molar-refractivity contribution in [2.75, 3.05) is 0 Å². The van der Waals surface area contributed by atoms with E-state index in [4.69, 9.17) is 20.0 Å². The number of benzene rings is 4. The van der Waals surface area contributed by atoms with E-state index in [1.54, 1.807) is 0 Å². The molecule has 0 spiro atoms. The predicted molar refractivity (Wildman–Crippen MR) is 289 cm³/mol. The third-order valence-electron chi connectivity index (χ3n) is 18.7. The molecule has 0 fully saturated rings. The molecule has 4 aromatic carbocycles. The topological polar surface area (TPSA) is 52.9 Å². The molecule has 16 bridgehead atoms. The maximum absolute atomic E-state index is 6.26. The minimum Gasteiger partial charge on any atom is -0.656 e. The summed E-state index contributed by atoms with van der Waals surface area (Å²) in [5.74, 6) is 2.13. The van der Waals surface area contributed by atoms with Gasteiger partial charge in [0.25, 0.3) is 0 Å². The van der Waals surface area contributed by atoms with Crippen molar-refractivity contribution in [1.29, 1.82) is 0 Å². The smallest absolute Gasteiger partial charge is 0.656 e. The van der Waals surface area contributed by atoms with Crippen LogP contribution in [0.25, 0.3) is 22.3 Å². The first-order chi connectivity index (χ1) is 35.7. The van der Waals surface area contributed by atoms with E-state index in [1.807, 2.05) is 0 Å². The maximum atomic E-state index is 6.26. The standard InChI is InChI=1S/C68H52N4.Zn/c1-5-13-37(14-6-1)57-61-49-41-21-25-43(26-22-41)51(49)63(69-61)58(38-15-7-2-8-16-38)65-53-45-29-33-47(34-30-45)55(53)67(71-65)60(40-19-11-4-12-20-40)68-56-48-35-31-46(32-36-48)54(56)66(72-68)59(39-17-9-3-10-18-39)64-52-44-27-23-42(24-28-44)50(52)62(57)70-64;/h1-21,23,25,27,29,31,33,35,41-48H,22,24,26,28,30,32,34,36H2;/q-2;+2/t41-,42+,43+,44-,45-,46+,47+,48-;. The minimum absolute atomic E-state index is 0. The molecule has 8 atom stereocenters. The fourth-order valence-corrected chi connectivity index (χ4v) is 15.6. The molecular formula is C68H52N4Zn. The Morgan fingerprint density at radius 3 is 0.918 bits per heavy atom. The number of aromatic nitrogens is 2. The molecule has 0 amide bonds. The number of aliphatic imine (C=N–C) groups is 2. The third-order valence-corrected chi connectivity index (χ3v) is 18.7. The summed E-state index contributed by atoms with van der Waals surface area (Å²) in [6.45, 7) is 0. The van der Waals surface area contributed by atoms with Crippen LogP contribution in [0.5, 0.6) is 0 Å².